The minimum Gasteiger partial charge on any atom is -0.390 e. The van der Waals surface area contributed by atoms with E-state index in [0.717, 1.165) is 45.3 Å². The van der Waals surface area contributed by atoms with Gasteiger partial charge in [0.05, 0.1) is 12.2 Å². The number of aliphatic hydroxyl groups is 1. The van der Waals surface area contributed by atoms with Gasteiger partial charge in [0.2, 0.25) is 0 Å². The molecule has 1 saturated heterocycles. The van der Waals surface area contributed by atoms with E-state index in [1.54, 1.807) is 7.11 Å². The average Bonchev–Trinajstić information content (AvgIpc) is 3.17. The normalized spacial score (nSPS) is 20.7. The van der Waals surface area contributed by atoms with Crippen LogP contribution in [-0.4, -0.2) is 37.6 Å². The fourth-order valence-electron chi connectivity index (χ4n) is 4.43. The van der Waals surface area contributed by atoms with Gasteiger partial charge < -0.3 is 14.6 Å². The molecule has 0 aliphatic carbocycles. The lowest BCUT2D eigenvalue weighted by molar-refractivity contribution is -0.00709. The van der Waals surface area contributed by atoms with Crippen LogP contribution in [0.25, 0.3) is 0 Å². The second-order valence-electron chi connectivity index (χ2n) is 9.06. The van der Waals surface area contributed by atoms with Crippen molar-refractivity contribution in [1.29, 1.82) is 0 Å². The van der Waals surface area contributed by atoms with Crippen LogP contribution < -0.4 is 0 Å². The molecule has 0 saturated carbocycles. The number of unbranched alkanes of at least 4 members (excludes halogenated alkanes) is 13. The maximum Gasteiger partial charge on any atom is 0.0837 e. The highest BCUT2D eigenvalue weighted by atomic mass is 16.5. The smallest absolute Gasteiger partial charge is 0.0837 e. The predicted octanol–water partition coefficient (Wildman–Crippen LogP) is 7.05. The third-order valence-electron chi connectivity index (χ3n) is 6.36. The van der Waals surface area contributed by atoms with Crippen LogP contribution in [0, 0.1) is 5.92 Å². The summed E-state index contributed by atoms with van der Waals surface area (Å²) in [5.74, 6) is 0.677. The molecule has 1 aliphatic heterocycles. The van der Waals surface area contributed by atoms with Crippen LogP contribution in [0.15, 0.2) is 0 Å². The first-order valence-electron chi connectivity index (χ1n) is 12.6. The fourth-order valence-corrected chi connectivity index (χ4v) is 4.43. The molecule has 168 valence electrons. The Morgan fingerprint density at radius 3 is 2.00 bits per heavy atom. The van der Waals surface area contributed by atoms with E-state index >= 15 is 0 Å². The molecular formula is C25H50O3. The van der Waals surface area contributed by atoms with Gasteiger partial charge in [-0.3, -0.25) is 0 Å². The summed E-state index contributed by atoms with van der Waals surface area (Å²) in [7, 11) is 1.75. The van der Waals surface area contributed by atoms with Gasteiger partial charge in [0, 0.05) is 20.3 Å². The molecule has 1 fully saturated rings. The summed E-state index contributed by atoms with van der Waals surface area (Å²) in [5, 5.41) is 10.3. The summed E-state index contributed by atoms with van der Waals surface area (Å²) in [4.78, 5) is 0. The maximum absolute atomic E-state index is 10.3. The second kappa shape index (κ2) is 18.9. The summed E-state index contributed by atoms with van der Waals surface area (Å²) in [5.41, 5.74) is 0. The van der Waals surface area contributed by atoms with Crippen molar-refractivity contribution in [3.8, 4) is 0 Å². The molecule has 0 bridgehead atoms. The molecule has 3 atom stereocenters. The molecular weight excluding hydrogens is 348 g/mol. The molecule has 1 unspecified atom stereocenters. The molecule has 3 nitrogen and oxygen atoms in total. The van der Waals surface area contributed by atoms with E-state index in [9.17, 15) is 5.11 Å². The Kier molecular flexibility index (Phi) is 17.5. The van der Waals surface area contributed by atoms with E-state index in [0.29, 0.717) is 5.92 Å². The van der Waals surface area contributed by atoms with Crippen LogP contribution in [0.1, 0.15) is 122 Å². The number of hydrogen-bond donors (Lipinski definition) is 1. The number of ether oxygens (including phenoxy) is 2. The highest BCUT2D eigenvalue weighted by Gasteiger charge is 2.30. The van der Waals surface area contributed by atoms with Gasteiger partial charge in [-0.25, -0.2) is 0 Å². The SMILES string of the molecule is CCCCCCCCCCCCCC[C@H]1CO[C@H](C(O)CCCCCOC)C1. The number of hydrogen-bond acceptors (Lipinski definition) is 3. The lowest BCUT2D eigenvalue weighted by Gasteiger charge is -2.17. The highest BCUT2D eigenvalue weighted by molar-refractivity contribution is 4.79. The monoisotopic (exact) mass is 398 g/mol. The van der Waals surface area contributed by atoms with Crippen LogP contribution in [-0.2, 0) is 9.47 Å². The zero-order valence-corrected chi connectivity index (χ0v) is 19.1. The predicted molar refractivity (Wildman–Crippen MR) is 120 cm³/mol. The van der Waals surface area contributed by atoms with Gasteiger partial charge in [0.15, 0.2) is 0 Å². The van der Waals surface area contributed by atoms with Crippen molar-refractivity contribution >= 4 is 0 Å². The zero-order valence-electron chi connectivity index (χ0n) is 19.1. The fraction of sp³-hybridized carbons (Fsp3) is 1.00. The Morgan fingerprint density at radius 2 is 1.39 bits per heavy atom. The van der Waals surface area contributed by atoms with Crippen molar-refractivity contribution in [2.75, 3.05) is 20.3 Å². The van der Waals surface area contributed by atoms with Gasteiger partial charge in [0.25, 0.3) is 0 Å². The van der Waals surface area contributed by atoms with Crippen molar-refractivity contribution in [1.82, 2.24) is 0 Å². The summed E-state index contributed by atoms with van der Waals surface area (Å²) in [6.07, 6.45) is 23.3. The molecule has 0 aromatic carbocycles. The summed E-state index contributed by atoms with van der Waals surface area (Å²) in [6, 6.07) is 0. The molecule has 0 aromatic rings. The molecule has 0 aromatic heterocycles. The van der Waals surface area contributed by atoms with Gasteiger partial charge in [-0.15, -0.1) is 0 Å². The van der Waals surface area contributed by atoms with Gasteiger partial charge in [-0.2, -0.15) is 0 Å². The first-order chi connectivity index (χ1) is 13.8. The molecule has 0 amide bonds. The molecule has 1 rings (SSSR count). The van der Waals surface area contributed by atoms with Crippen LogP contribution in [0.5, 0.6) is 0 Å². The van der Waals surface area contributed by atoms with E-state index in [-0.39, 0.29) is 12.2 Å². The van der Waals surface area contributed by atoms with Crippen molar-refractivity contribution in [3.63, 3.8) is 0 Å². The molecule has 3 heteroatoms. The quantitative estimate of drug-likeness (QED) is 0.223. The van der Waals surface area contributed by atoms with Crippen molar-refractivity contribution in [3.05, 3.63) is 0 Å². The molecule has 1 aliphatic rings. The number of aliphatic hydroxyl groups excluding tert-OH is 1. The Labute approximate surface area is 176 Å². The summed E-state index contributed by atoms with van der Waals surface area (Å²) >= 11 is 0. The summed E-state index contributed by atoms with van der Waals surface area (Å²) < 4.78 is 11.0. The minimum atomic E-state index is -0.269. The maximum atomic E-state index is 10.3. The highest BCUT2D eigenvalue weighted by Crippen LogP contribution is 2.28. The van der Waals surface area contributed by atoms with Crippen LogP contribution in [0.2, 0.25) is 0 Å². The molecule has 0 spiro atoms. The number of methoxy groups -OCH3 is 1. The van der Waals surface area contributed by atoms with Crippen LogP contribution >= 0.6 is 0 Å². The van der Waals surface area contributed by atoms with Crippen LogP contribution in [0.4, 0.5) is 0 Å². The Morgan fingerprint density at radius 1 is 0.821 bits per heavy atom. The van der Waals surface area contributed by atoms with E-state index in [4.69, 9.17) is 9.47 Å². The van der Waals surface area contributed by atoms with Crippen LogP contribution in [0.3, 0.4) is 0 Å². The first kappa shape index (κ1) is 25.9. The van der Waals surface area contributed by atoms with Crippen molar-refractivity contribution < 1.29 is 14.6 Å². The van der Waals surface area contributed by atoms with Gasteiger partial charge >= 0.3 is 0 Å². The lowest BCUT2D eigenvalue weighted by atomic mass is 9.94. The molecule has 28 heavy (non-hydrogen) atoms. The van der Waals surface area contributed by atoms with E-state index in [2.05, 4.69) is 6.92 Å². The topological polar surface area (TPSA) is 38.7 Å². The van der Waals surface area contributed by atoms with Gasteiger partial charge in [-0.05, 0) is 31.6 Å². The third kappa shape index (κ3) is 14.0. The van der Waals surface area contributed by atoms with E-state index in [1.807, 2.05) is 0 Å². The summed E-state index contributed by atoms with van der Waals surface area (Å²) in [6.45, 7) is 3.98. The average molecular weight is 399 g/mol. The van der Waals surface area contributed by atoms with Crippen molar-refractivity contribution in [2.45, 2.75) is 135 Å². The van der Waals surface area contributed by atoms with E-state index in [1.165, 1.54) is 83.5 Å². The lowest BCUT2D eigenvalue weighted by Crippen LogP contribution is -2.25. The zero-order chi connectivity index (χ0) is 20.3. The van der Waals surface area contributed by atoms with Crippen molar-refractivity contribution in [2.24, 2.45) is 5.92 Å². The Hall–Kier alpha value is -0.120. The first-order valence-corrected chi connectivity index (χ1v) is 12.6. The largest absolute Gasteiger partial charge is 0.390 e. The minimum absolute atomic E-state index is 0.0877. The molecule has 1 N–H and O–H groups in total. The van der Waals surface area contributed by atoms with Gasteiger partial charge in [-0.1, -0.05) is 96.8 Å². The molecule has 1 heterocycles. The Bertz CT molecular complexity index is 321. The second-order valence-corrected chi connectivity index (χ2v) is 9.06. The third-order valence-corrected chi connectivity index (χ3v) is 6.36. The standard InChI is InChI=1S/C25H50O3/c1-3-4-5-6-7-8-9-10-11-12-13-15-18-23-21-25(28-22-23)24(26)19-16-14-17-20-27-2/h23-26H,3-22H2,1-2H3/t23-,24?,25+/m1/s1. The van der Waals surface area contributed by atoms with E-state index < -0.39 is 0 Å². The van der Waals surface area contributed by atoms with Gasteiger partial charge in [0.1, 0.15) is 0 Å². The molecule has 0 radical (unpaired) electrons. The Balaban J connectivity index is 1.87. The number of rotatable bonds is 20.